The number of anilines is 4. The summed E-state index contributed by atoms with van der Waals surface area (Å²) in [5.74, 6) is -1.57. The van der Waals surface area contributed by atoms with Crippen LogP contribution >= 0.6 is 0 Å². The Bertz CT molecular complexity index is 1360. The molecular weight excluding hydrogens is 460 g/mol. The van der Waals surface area contributed by atoms with Crippen LogP contribution in [0.25, 0.3) is 0 Å². The highest BCUT2D eigenvalue weighted by Crippen LogP contribution is 2.31. The summed E-state index contributed by atoms with van der Waals surface area (Å²) in [7, 11) is 0. The summed E-state index contributed by atoms with van der Waals surface area (Å²) in [5.41, 5.74) is 3.16. The second-order valence-electron chi connectivity index (χ2n) is 8.50. The van der Waals surface area contributed by atoms with E-state index in [1.54, 1.807) is 30.3 Å². The van der Waals surface area contributed by atoms with Gasteiger partial charge in [-0.15, -0.1) is 0 Å². The molecule has 2 N–H and O–H groups in total. The predicted molar refractivity (Wildman–Crippen MR) is 136 cm³/mol. The number of fused-ring (bicyclic) bond motifs is 1. The van der Waals surface area contributed by atoms with E-state index in [-0.39, 0.29) is 28.5 Å². The lowest BCUT2D eigenvalue weighted by molar-refractivity contribution is -0.114. The molecule has 1 saturated heterocycles. The molecule has 0 unspecified atom stereocenters. The van der Waals surface area contributed by atoms with E-state index in [4.69, 9.17) is 4.74 Å². The average molecular weight is 485 g/mol. The van der Waals surface area contributed by atoms with Crippen LogP contribution < -0.4 is 20.4 Å². The molecule has 182 valence electrons. The second kappa shape index (κ2) is 9.63. The lowest BCUT2D eigenvalue weighted by atomic mass is 10.1. The van der Waals surface area contributed by atoms with Crippen LogP contribution in [0.2, 0.25) is 0 Å². The van der Waals surface area contributed by atoms with Gasteiger partial charge < -0.3 is 20.3 Å². The molecular formula is C27H24N4O5. The molecule has 9 nitrogen and oxygen atoms in total. The molecule has 0 spiro atoms. The number of nitrogens with one attached hydrogen (secondary N) is 2. The van der Waals surface area contributed by atoms with Gasteiger partial charge in [0.1, 0.15) is 0 Å². The number of imide groups is 1. The van der Waals surface area contributed by atoms with Gasteiger partial charge in [0.05, 0.1) is 41.4 Å². The summed E-state index contributed by atoms with van der Waals surface area (Å²) < 4.78 is 5.43. The molecule has 5 rings (SSSR count). The van der Waals surface area contributed by atoms with Gasteiger partial charge in [-0.25, -0.2) is 4.90 Å². The Morgan fingerprint density at radius 2 is 1.53 bits per heavy atom. The third-order valence-electron chi connectivity index (χ3n) is 6.10. The summed E-state index contributed by atoms with van der Waals surface area (Å²) in [4.78, 5) is 53.7. The van der Waals surface area contributed by atoms with Crippen molar-refractivity contribution in [2.75, 3.05) is 46.7 Å². The molecule has 2 aliphatic heterocycles. The van der Waals surface area contributed by atoms with Crippen molar-refractivity contribution in [3.8, 4) is 0 Å². The third kappa shape index (κ3) is 4.44. The molecule has 1 fully saturated rings. The van der Waals surface area contributed by atoms with Crippen LogP contribution in [0.5, 0.6) is 0 Å². The maximum atomic E-state index is 13.1. The first kappa shape index (κ1) is 23.3. The lowest BCUT2D eigenvalue weighted by Gasteiger charge is -2.30. The van der Waals surface area contributed by atoms with Gasteiger partial charge in [-0.2, -0.15) is 0 Å². The summed E-state index contributed by atoms with van der Waals surface area (Å²) in [6, 6.07) is 18.4. The Hall–Kier alpha value is -4.50. The van der Waals surface area contributed by atoms with Gasteiger partial charge in [0.15, 0.2) is 0 Å². The number of hydrogen-bond acceptors (Lipinski definition) is 6. The molecule has 0 bridgehead atoms. The van der Waals surface area contributed by atoms with Gasteiger partial charge in [0.25, 0.3) is 17.7 Å². The Morgan fingerprint density at radius 3 is 2.25 bits per heavy atom. The summed E-state index contributed by atoms with van der Waals surface area (Å²) in [6.45, 7) is 4.09. The van der Waals surface area contributed by atoms with E-state index in [1.807, 2.05) is 24.3 Å². The lowest BCUT2D eigenvalue weighted by Crippen LogP contribution is -2.36. The number of benzene rings is 3. The normalized spacial score (nSPS) is 15.0. The topological polar surface area (TPSA) is 108 Å². The SMILES string of the molecule is CC(=O)Nc1ccc(N2C(=O)c3ccc(C(=O)Nc4ccccc4N4CCOCC4)cc3C2=O)cc1. The Balaban J connectivity index is 1.37. The summed E-state index contributed by atoms with van der Waals surface area (Å²) in [6.07, 6.45) is 0. The highest BCUT2D eigenvalue weighted by atomic mass is 16.5. The number of carbonyl (C=O) groups excluding carboxylic acids is 4. The predicted octanol–water partition coefficient (Wildman–Crippen LogP) is 3.53. The van der Waals surface area contributed by atoms with Crippen molar-refractivity contribution in [3.05, 3.63) is 83.4 Å². The third-order valence-corrected chi connectivity index (χ3v) is 6.10. The van der Waals surface area contributed by atoms with Crippen molar-refractivity contribution in [2.45, 2.75) is 6.92 Å². The van der Waals surface area contributed by atoms with Crippen molar-refractivity contribution < 1.29 is 23.9 Å². The van der Waals surface area contributed by atoms with Crippen LogP contribution in [0.1, 0.15) is 38.0 Å². The average Bonchev–Trinajstić information content (AvgIpc) is 3.14. The van der Waals surface area contributed by atoms with Gasteiger partial charge in [-0.05, 0) is 54.6 Å². The summed E-state index contributed by atoms with van der Waals surface area (Å²) in [5, 5.41) is 5.59. The highest BCUT2D eigenvalue weighted by molar-refractivity contribution is 6.34. The molecule has 2 aliphatic rings. The fourth-order valence-corrected chi connectivity index (χ4v) is 4.37. The van der Waals surface area contributed by atoms with Crippen LogP contribution in [-0.2, 0) is 9.53 Å². The van der Waals surface area contributed by atoms with Crippen LogP contribution in [-0.4, -0.2) is 49.9 Å². The van der Waals surface area contributed by atoms with Gasteiger partial charge in [-0.1, -0.05) is 12.1 Å². The fraction of sp³-hybridized carbons (Fsp3) is 0.185. The number of morpholine rings is 1. The summed E-state index contributed by atoms with van der Waals surface area (Å²) >= 11 is 0. The molecule has 3 aromatic carbocycles. The van der Waals surface area contributed by atoms with Crippen molar-refractivity contribution >= 4 is 46.4 Å². The van der Waals surface area contributed by atoms with Crippen molar-refractivity contribution in [2.24, 2.45) is 0 Å². The van der Waals surface area contributed by atoms with Gasteiger partial charge in [0.2, 0.25) is 5.91 Å². The van der Waals surface area contributed by atoms with Crippen LogP contribution in [0, 0.1) is 0 Å². The Morgan fingerprint density at radius 1 is 0.833 bits per heavy atom. The zero-order valence-corrected chi connectivity index (χ0v) is 19.6. The molecule has 4 amide bonds. The fourth-order valence-electron chi connectivity index (χ4n) is 4.37. The van der Waals surface area contributed by atoms with E-state index in [0.29, 0.717) is 30.3 Å². The van der Waals surface area contributed by atoms with Crippen LogP contribution in [0.3, 0.4) is 0 Å². The first-order valence-corrected chi connectivity index (χ1v) is 11.6. The maximum absolute atomic E-state index is 13.1. The molecule has 0 atom stereocenters. The van der Waals surface area contributed by atoms with Gasteiger partial charge >= 0.3 is 0 Å². The monoisotopic (exact) mass is 484 g/mol. The molecule has 0 radical (unpaired) electrons. The largest absolute Gasteiger partial charge is 0.378 e. The molecule has 9 heteroatoms. The molecule has 0 aliphatic carbocycles. The molecule has 36 heavy (non-hydrogen) atoms. The molecule has 3 aromatic rings. The number of amides is 4. The first-order valence-electron chi connectivity index (χ1n) is 11.6. The standard InChI is InChI=1S/C27H24N4O5/c1-17(32)28-19-7-9-20(10-8-19)31-26(34)21-11-6-18(16-22(21)27(31)35)25(33)29-23-4-2-3-5-24(23)30-12-14-36-15-13-30/h2-11,16H,12-15H2,1H3,(H,28,32)(H,29,33). The van der Waals surface area contributed by atoms with E-state index < -0.39 is 11.8 Å². The molecule has 0 aromatic heterocycles. The smallest absolute Gasteiger partial charge is 0.266 e. The van der Waals surface area contributed by atoms with Crippen molar-refractivity contribution in [1.82, 2.24) is 0 Å². The molecule has 0 saturated carbocycles. The Labute approximate surface area is 207 Å². The number of rotatable bonds is 5. The number of carbonyl (C=O) groups is 4. The second-order valence-corrected chi connectivity index (χ2v) is 8.50. The van der Waals surface area contributed by atoms with Gasteiger partial charge in [0, 0.05) is 31.3 Å². The Kier molecular flexibility index (Phi) is 6.22. The van der Waals surface area contributed by atoms with Crippen LogP contribution in [0.15, 0.2) is 66.7 Å². The molecule has 2 heterocycles. The van der Waals surface area contributed by atoms with Crippen LogP contribution in [0.4, 0.5) is 22.7 Å². The minimum atomic E-state index is -0.509. The minimum absolute atomic E-state index is 0.167. The number of ether oxygens (including phenoxy) is 1. The van der Waals surface area contributed by atoms with E-state index >= 15 is 0 Å². The van der Waals surface area contributed by atoms with E-state index in [1.165, 1.54) is 19.1 Å². The first-order chi connectivity index (χ1) is 17.4. The van der Waals surface area contributed by atoms with E-state index in [2.05, 4.69) is 15.5 Å². The zero-order valence-electron chi connectivity index (χ0n) is 19.6. The number of nitrogens with zero attached hydrogens (tertiary/aromatic N) is 2. The number of hydrogen-bond donors (Lipinski definition) is 2. The quantitative estimate of drug-likeness (QED) is 0.537. The number of para-hydroxylation sites is 2. The highest BCUT2D eigenvalue weighted by Gasteiger charge is 2.37. The van der Waals surface area contributed by atoms with Crippen molar-refractivity contribution in [3.63, 3.8) is 0 Å². The van der Waals surface area contributed by atoms with Gasteiger partial charge in [-0.3, -0.25) is 19.2 Å². The zero-order chi connectivity index (χ0) is 25.2. The van der Waals surface area contributed by atoms with E-state index in [0.717, 1.165) is 23.7 Å². The van der Waals surface area contributed by atoms with Crippen molar-refractivity contribution in [1.29, 1.82) is 0 Å². The van der Waals surface area contributed by atoms with E-state index in [9.17, 15) is 19.2 Å². The maximum Gasteiger partial charge on any atom is 0.266 e. The minimum Gasteiger partial charge on any atom is -0.378 e.